The third-order valence-corrected chi connectivity index (χ3v) is 5.31. The maximum absolute atomic E-state index is 2.38. The van der Waals surface area contributed by atoms with Crippen molar-refractivity contribution in [2.75, 3.05) is 0 Å². The molecule has 5 rings (SSSR count). The Morgan fingerprint density at radius 2 is 1.70 bits per heavy atom. The van der Waals surface area contributed by atoms with Gasteiger partial charge in [-0.3, -0.25) is 0 Å². The Morgan fingerprint density at radius 3 is 2.70 bits per heavy atom. The van der Waals surface area contributed by atoms with Crippen molar-refractivity contribution in [2.45, 2.75) is 6.42 Å². The van der Waals surface area contributed by atoms with Crippen LogP contribution in [-0.4, -0.2) is 0 Å². The minimum atomic E-state index is 1.05. The zero-order valence-corrected chi connectivity index (χ0v) is 11.7. The third-order valence-electron chi connectivity index (χ3n) is 4.34. The van der Waals surface area contributed by atoms with Crippen molar-refractivity contribution < 1.29 is 0 Å². The molecule has 0 bridgehead atoms. The molecule has 20 heavy (non-hydrogen) atoms. The predicted molar refractivity (Wildman–Crippen MR) is 87.6 cm³/mol. The second kappa shape index (κ2) is 3.71. The molecule has 0 unspecified atom stereocenters. The number of rotatable bonds is 0. The fourth-order valence-electron chi connectivity index (χ4n) is 3.51. The highest BCUT2D eigenvalue weighted by atomic mass is 32.1. The summed E-state index contributed by atoms with van der Waals surface area (Å²) in [4.78, 5) is 0. The molecule has 0 radical (unpaired) electrons. The van der Waals surface area contributed by atoms with E-state index in [1.165, 1.54) is 43.1 Å². The Hall–Kier alpha value is -2.12. The zero-order chi connectivity index (χ0) is 13.1. The highest BCUT2D eigenvalue weighted by molar-refractivity contribution is 7.18. The molecule has 4 aromatic rings. The van der Waals surface area contributed by atoms with Crippen molar-refractivity contribution in [2.24, 2.45) is 0 Å². The van der Waals surface area contributed by atoms with Crippen LogP contribution in [0.5, 0.6) is 0 Å². The number of thiophene rings is 1. The molecule has 3 aromatic carbocycles. The molecule has 0 N–H and O–H groups in total. The van der Waals surface area contributed by atoms with Crippen LogP contribution in [0.25, 0.3) is 32.0 Å². The Bertz CT molecular complexity index is 976. The van der Waals surface area contributed by atoms with Gasteiger partial charge < -0.3 is 0 Å². The Labute approximate surface area is 121 Å². The molecule has 0 nitrogen and oxygen atoms in total. The largest absolute Gasteiger partial charge is 0.143 e. The van der Waals surface area contributed by atoms with Crippen LogP contribution < -0.4 is 0 Å². The van der Waals surface area contributed by atoms with E-state index in [9.17, 15) is 0 Å². The maximum Gasteiger partial charge on any atom is 0.0421 e. The fraction of sp³-hybridized carbons (Fsp3) is 0.0526. The number of hydrogen-bond acceptors (Lipinski definition) is 1. The summed E-state index contributed by atoms with van der Waals surface area (Å²) in [6, 6.07) is 20.2. The Morgan fingerprint density at radius 1 is 0.800 bits per heavy atom. The molecule has 1 heterocycles. The van der Waals surface area contributed by atoms with Gasteiger partial charge in [0.25, 0.3) is 0 Å². The quantitative estimate of drug-likeness (QED) is 0.343. The monoisotopic (exact) mass is 272 g/mol. The van der Waals surface area contributed by atoms with E-state index in [1.54, 1.807) is 0 Å². The molecule has 0 saturated heterocycles. The zero-order valence-electron chi connectivity index (χ0n) is 10.9. The van der Waals surface area contributed by atoms with Gasteiger partial charge in [0, 0.05) is 10.1 Å². The van der Waals surface area contributed by atoms with Gasteiger partial charge in [-0.2, -0.15) is 0 Å². The summed E-state index contributed by atoms with van der Waals surface area (Å²) < 4.78 is 1.42. The summed E-state index contributed by atoms with van der Waals surface area (Å²) in [6.07, 6.45) is 1.05. The Kier molecular flexibility index (Phi) is 1.97. The van der Waals surface area contributed by atoms with Gasteiger partial charge in [0.2, 0.25) is 0 Å². The second-order valence-corrected chi connectivity index (χ2v) is 6.35. The van der Waals surface area contributed by atoms with E-state index >= 15 is 0 Å². The van der Waals surface area contributed by atoms with Crippen LogP contribution in [0.1, 0.15) is 11.1 Å². The summed E-state index contributed by atoms with van der Waals surface area (Å²) >= 11 is 1.85. The van der Waals surface area contributed by atoms with E-state index in [4.69, 9.17) is 0 Å². The average Bonchev–Trinajstić information content (AvgIpc) is 2.96. The highest BCUT2D eigenvalue weighted by Gasteiger charge is 2.19. The van der Waals surface area contributed by atoms with Gasteiger partial charge in [-0.25, -0.2) is 0 Å². The number of benzene rings is 3. The van der Waals surface area contributed by atoms with E-state index in [2.05, 4.69) is 60.0 Å². The molecule has 0 spiro atoms. The van der Waals surface area contributed by atoms with Crippen LogP contribution in [0.15, 0.2) is 60.0 Å². The van der Waals surface area contributed by atoms with Gasteiger partial charge in [-0.1, -0.05) is 42.5 Å². The molecule has 0 aliphatic heterocycles. The minimum Gasteiger partial charge on any atom is -0.143 e. The summed E-state index contributed by atoms with van der Waals surface area (Å²) in [6.45, 7) is 0. The first-order chi connectivity index (χ1) is 9.92. The second-order valence-electron chi connectivity index (χ2n) is 5.44. The predicted octanol–water partition coefficient (Wildman–Crippen LogP) is 5.63. The summed E-state index contributed by atoms with van der Waals surface area (Å²) in [5.41, 5.74) is 5.72. The van der Waals surface area contributed by atoms with Crippen molar-refractivity contribution in [1.29, 1.82) is 0 Å². The molecule has 1 heteroatoms. The van der Waals surface area contributed by atoms with Crippen LogP contribution in [0, 0.1) is 0 Å². The lowest BCUT2D eigenvalue weighted by Crippen LogP contribution is -2.00. The molecule has 0 amide bonds. The van der Waals surface area contributed by atoms with Crippen LogP contribution in [0.4, 0.5) is 0 Å². The van der Waals surface area contributed by atoms with Gasteiger partial charge in [-0.05, 0) is 57.0 Å². The van der Waals surface area contributed by atoms with Gasteiger partial charge in [0.1, 0.15) is 0 Å². The van der Waals surface area contributed by atoms with Gasteiger partial charge in [0.15, 0.2) is 0 Å². The standard InChI is InChI=1S/C19H12S/c1-2-5-15-12(4-1)10-14-11-13-8-9-20-19(13)17-7-3-6-16(15)18(14)17/h1-9,11H,10H2. The van der Waals surface area contributed by atoms with Crippen LogP contribution in [-0.2, 0) is 6.42 Å². The van der Waals surface area contributed by atoms with Crippen LogP contribution >= 0.6 is 11.3 Å². The smallest absolute Gasteiger partial charge is 0.0421 e. The molecule has 1 aliphatic carbocycles. The number of fused-ring (bicyclic) bond motifs is 4. The van der Waals surface area contributed by atoms with Gasteiger partial charge in [-0.15, -0.1) is 11.3 Å². The first kappa shape index (κ1) is 10.6. The SMILES string of the molecule is c1ccc2c(c1)Cc1cc3ccsc3c3cccc-2c13. The average molecular weight is 272 g/mol. The minimum absolute atomic E-state index is 1.05. The lowest BCUT2D eigenvalue weighted by molar-refractivity contribution is 1.20. The van der Waals surface area contributed by atoms with Crippen molar-refractivity contribution >= 4 is 32.2 Å². The first-order valence-electron chi connectivity index (χ1n) is 6.92. The lowest BCUT2D eigenvalue weighted by atomic mass is 9.83. The molecule has 94 valence electrons. The highest BCUT2D eigenvalue weighted by Crippen LogP contribution is 2.43. The van der Waals surface area contributed by atoms with E-state index < -0.39 is 0 Å². The molecule has 1 aliphatic rings. The first-order valence-corrected chi connectivity index (χ1v) is 7.80. The van der Waals surface area contributed by atoms with Crippen molar-refractivity contribution in [3.63, 3.8) is 0 Å². The fourth-order valence-corrected chi connectivity index (χ4v) is 4.42. The lowest BCUT2D eigenvalue weighted by Gasteiger charge is -2.21. The topological polar surface area (TPSA) is 0 Å². The third kappa shape index (κ3) is 1.26. The molecule has 1 aromatic heterocycles. The van der Waals surface area contributed by atoms with Gasteiger partial charge >= 0.3 is 0 Å². The Balaban J connectivity index is 2.05. The maximum atomic E-state index is 2.38. The molecule has 0 fully saturated rings. The molecular weight excluding hydrogens is 260 g/mol. The number of hydrogen-bond donors (Lipinski definition) is 0. The van der Waals surface area contributed by atoms with Crippen LogP contribution in [0.3, 0.4) is 0 Å². The van der Waals surface area contributed by atoms with E-state index in [-0.39, 0.29) is 0 Å². The summed E-state index contributed by atoms with van der Waals surface area (Å²) in [5.74, 6) is 0. The normalized spacial score (nSPS) is 12.8. The van der Waals surface area contributed by atoms with Gasteiger partial charge in [0.05, 0.1) is 0 Å². The van der Waals surface area contributed by atoms with E-state index in [0.717, 1.165) is 6.42 Å². The molecule has 0 saturated carbocycles. The van der Waals surface area contributed by atoms with E-state index in [1.807, 2.05) is 11.3 Å². The summed E-state index contributed by atoms with van der Waals surface area (Å²) in [7, 11) is 0. The van der Waals surface area contributed by atoms with E-state index in [0.29, 0.717) is 0 Å². The van der Waals surface area contributed by atoms with Crippen LogP contribution in [0.2, 0.25) is 0 Å². The summed E-state index contributed by atoms with van der Waals surface area (Å²) in [5, 5.41) is 6.46. The van der Waals surface area contributed by atoms with Crippen molar-refractivity contribution in [3.8, 4) is 11.1 Å². The molecule has 0 atom stereocenters. The van der Waals surface area contributed by atoms with Crippen molar-refractivity contribution in [1.82, 2.24) is 0 Å². The molecular formula is C19H12S. The van der Waals surface area contributed by atoms with Crippen molar-refractivity contribution in [3.05, 3.63) is 71.1 Å².